The Morgan fingerprint density at radius 1 is 0.903 bits per heavy atom. The average molecular weight is 419 g/mol. The van der Waals surface area contributed by atoms with E-state index < -0.39 is 0 Å². The normalized spacial score (nSPS) is 30.3. The van der Waals surface area contributed by atoms with Gasteiger partial charge in [-0.05, 0) is 35.6 Å². The summed E-state index contributed by atoms with van der Waals surface area (Å²) >= 11 is 0. The predicted molar refractivity (Wildman–Crippen MR) is 127 cm³/mol. The minimum absolute atomic E-state index is 0.289. The summed E-state index contributed by atoms with van der Waals surface area (Å²) in [5, 5.41) is 10.7. The minimum Gasteiger partial charge on any atom is -0.370 e. The second-order valence-corrected chi connectivity index (χ2v) is 9.59. The number of fused-ring (bicyclic) bond motifs is 2. The van der Waals surface area contributed by atoms with Gasteiger partial charge in [0.2, 0.25) is 0 Å². The largest absolute Gasteiger partial charge is 0.370 e. The van der Waals surface area contributed by atoms with Crippen LogP contribution in [-0.4, -0.2) is 81.8 Å². The number of nitrogens with zero attached hydrogens (tertiary/aromatic N) is 3. The molecule has 5 aliphatic rings. The third kappa shape index (κ3) is 3.42. The maximum atomic E-state index is 3.71. The molecule has 6 rings (SSSR count). The summed E-state index contributed by atoms with van der Waals surface area (Å²) in [6.07, 6.45) is 7.17. The van der Waals surface area contributed by atoms with E-state index in [0.717, 1.165) is 44.6 Å². The van der Waals surface area contributed by atoms with Gasteiger partial charge < -0.3 is 30.7 Å². The zero-order chi connectivity index (χ0) is 20.8. The number of hydrogen-bond acceptors (Lipinski definition) is 6. The van der Waals surface area contributed by atoms with E-state index in [4.69, 9.17) is 0 Å². The third-order valence-electron chi connectivity index (χ3n) is 7.79. The van der Waals surface area contributed by atoms with E-state index in [0.29, 0.717) is 0 Å². The van der Waals surface area contributed by atoms with Gasteiger partial charge in [-0.15, -0.1) is 0 Å². The van der Waals surface area contributed by atoms with Crippen LogP contribution in [0.15, 0.2) is 53.9 Å². The fourth-order valence-electron chi connectivity index (χ4n) is 6.00. The van der Waals surface area contributed by atoms with Crippen molar-refractivity contribution in [3.05, 3.63) is 59.5 Å². The first-order valence-electron chi connectivity index (χ1n) is 11.9. The van der Waals surface area contributed by atoms with Crippen molar-refractivity contribution in [1.29, 1.82) is 0 Å². The molecule has 6 heteroatoms. The van der Waals surface area contributed by atoms with Gasteiger partial charge in [-0.1, -0.05) is 24.3 Å². The summed E-state index contributed by atoms with van der Waals surface area (Å²) in [6, 6.07) is 9.23. The van der Waals surface area contributed by atoms with Crippen LogP contribution in [0.4, 0.5) is 5.69 Å². The van der Waals surface area contributed by atoms with Crippen molar-refractivity contribution in [2.45, 2.75) is 6.04 Å². The molecule has 0 spiro atoms. The SMILES string of the molecule is CN1c2ccccc2C(N2CC3CNCC3C2)=CC1C1=CC=C(N2CCNCC2)NC1. The lowest BCUT2D eigenvalue weighted by atomic mass is 9.93. The number of likely N-dealkylation sites (tertiary alicyclic amines) is 1. The highest BCUT2D eigenvalue weighted by Crippen LogP contribution is 2.40. The van der Waals surface area contributed by atoms with Crippen LogP contribution in [0, 0.1) is 11.8 Å². The van der Waals surface area contributed by atoms with Crippen LogP contribution in [0.25, 0.3) is 5.70 Å². The Morgan fingerprint density at radius 2 is 1.68 bits per heavy atom. The second kappa shape index (κ2) is 7.92. The van der Waals surface area contributed by atoms with Gasteiger partial charge >= 0.3 is 0 Å². The van der Waals surface area contributed by atoms with Crippen LogP contribution in [0.5, 0.6) is 0 Å². The Bertz CT molecular complexity index is 916. The smallest absolute Gasteiger partial charge is 0.102 e. The van der Waals surface area contributed by atoms with E-state index in [1.165, 1.54) is 54.5 Å². The van der Waals surface area contributed by atoms with Crippen molar-refractivity contribution in [1.82, 2.24) is 25.8 Å². The van der Waals surface area contributed by atoms with E-state index in [2.05, 4.69) is 80.2 Å². The number of anilines is 1. The maximum absolute atomic E-state index is 3.71. The number of likely N-dealkylation sites (N-methyl/N-ethyl adjacent to an activating group) is 1. The summed E-state index contributed by atoms with van der Waals surface area (Å²) in [5.74, 6) is 2.87. The molecule has 1 aromatic rings. The van der Waals surface area contributed by atoms with Crippen molar-refractivity contribution >= 4 is 11.4 Å². The average Bonchev–Trinajstić information content (AvgIpc) is 3.43. The number of hydrogen-bond donors (Lipinski definition) is 3. The maximum Gasteiger partial charge on any atom is 0.102 e. The molecule has 3 unspecified atom stereocenters. The molecular weight excluding hydrogens is 384 g/mol. The van der Waals surface area contributed by atoms with E-state index in [9.17, 15) is 0 Å². The lowest BCUT2D eigenvalue weighted by Gasteiger charge is -2.40. The zero-order valence-corrected chi connectivity index (χ0v) is 18.5. The Hall–Kier alpha value is -2.44. The van der Waals surface area contributed by atoms with Crippen molar-refractivity contribution < 1.29 is 0 Å². The molecule has 0 saturated carbocycles. The highest BCUT2D eigenvalue weighted by Gasteiger charge is 2.39. The number of benzene rings is 1. The molecule has 164 valence electrons. The number of dihydropyridines is 1. The van der Waals surface area contributed by atoms with Gasteiger partial charge in [0.05, 0.1) is 6.04 Å². The van der Waals surface area contributed by atoms with Crippen molar-refractivity contribution in [3.63, 3.8) is 0 Å². The van der Waals surface area contributed by atoms with Crippen molar-refractivity contribution in [2.24, 2.45) is 11.8 Å². The molecule has 6 nitrogen and oxygen atoms in total. The van der Waals surface area contributed by atoms with Crippen LogP contribution in [0.2, 0.25) is 0 Å². The molecule has 0 aliphatic carbocycles. The molecule has 3 N–H and O–H groups in total. The van der Waals surface area contributed by atoms with E-state index in [1.807, 2.05) is 0 Å². The molecule has 5 aliphatic heterocycles. The molecule has 31 heavy (non-hydrogen) atoms. The fraction of sp³-hybridized carbons (Fsp3) is 0.520. The number of nitrogens with one attached hydrogen (secondary N) is 3. The number of piperazine rings is 1. The quantitative estimate of drug-likeness (QED) is 0.687. The second-order valence-electron chi connectivity index (χ2n) is 9.59. The lowest BCUT2D eigenvalue weighted by Crippen LogP contribution is -2.47. The summed E-state index contributed by atoms with van der Waals surface area (Å²) < 4.78 is 0. The summed E-state index contributed by atoms with van der Waals surface area (Å²) in [5.41, 5.74) is 5.61. The topological polar surface area (TPSA) is 45.8 Å². The van der Waals surface area contributed by atoms with E-state index in [1.54, 1.807) is 0 Å². The van der Waals surface area contributed by atoms with E-state index in [-0.39, 0.29) is 6.04 Å². The Labute approximate surface area is 185 Å². The molecule has 1 aromatic carbocycles. The molecule has 5 heterocycles. The molecule has 3 atom stereocenters. The number of rotatable bonds is 3. The lowest BCUT2D eigenvalue weighted by molar-refractivity contribution is 0.281. The molecular formula is C25H34N6. The highest BCUT2D eigenvalue weighted by molar-refractivity contribution is 5.81. The number of para-hydroxylation sites is 1. The van der Waals surface area contributed by atoms with Crippen LogP contribution < -0.4 is 20.9 Å². The highest BCUT2D eigenvalue weighted by atomic mass is 15.3. The van der Waals surface area contributed by atoms with Gasteiger partial charge in [-0.25, -0.2) is 0 Å². The van der Waals surface area contributed by atoms with Gasteiger partial charge in [0.15, 0.2) is 0 Å². The fourth-order valence-corrected chi connectivity index (χ4v) is 6.00. The standard InChI is InChI=1S/C25H34N6/c1-29-22-5-3-2-4-21(22)24(31-16-19-13-27-14-20(19)17-31)12-23(29)18-6-7-25(28-15-18)30-10-8-26-9-11-30/h2-7,12,19-20,23,26-28H,8-11,13-17H2,1H3. The molecule has 0 aromatic heterocycles. The zero-order valence-electron chi connectivity index (χ0n) is 18.5. The van der Waals surface area contributed by atoms with Crippen molar-refractivity contribution in [3.8, 4) is 0 Å². The van der Waals surface area contributed by atoms with Gasteiger partial charge in [0.25, 0.3) is 0 Å². The Kier molecular flexibility index (Phi) is 4.92. The summed E-state index contributed by atoms with van der Waals surface area (Å²) in [4.78, 5) is 7.57. The first kappa shape index (κ1) is 19.3. The van der Waals surface area contributed by atoms with Crippen LogP contribution in [0.1, 0.15) is 5.56 Å². The molecule has 3 saturated heterocycles. The Morgan fingerprint density at radius 3 is 2.42 bits per heavy atom. The van der Waals surface area contributed by atoms with E-state index >= 15 is 0 Å². The Balaban J connectivity index is 1.30. The van der Waals surface area contributed by atoms with Gasteiger partial charge in [0.1, 0.15) is 5.82 Å². The van der Waals surface area contributed by atoms with Gasteiger partial charge in [-0.2, -0.15) is 0 Å². The monoisotopic (exact) mass is 418 g/mol. The summed E-state index contributed by atoms with van der Waals surface area (Å²) in [6.45, 7) is 9.91. The van der Waals surface area contributed by atoms with Gasteiger partial charge in [0, 0.05) is 82.9 Å². The van der Waals surface area contributed by atoms with Crippen molar-refractivity contribution in [2.75, 3.05) is 70.9 Å². The summed E-state index contributed by atoms with van der Waals surface area (Å²) in [7, 11) is 2.25. The number of allylic oxidation sites excluding steroid dienone is 2. The molecule has 0 radical (unpaired) electrons. The third-order valence-corrected chi connectivity index (χ3v) is 7.79. The molecule has 0 amide bonds. The van der Waals surface area contributed by atoms with Crippen LogP contribution >= 0.6 is 0 Å². The predicted octanol–water partition coefficient (Wildman–Crippen LogP) is 1.27. The molecule has 0 bridgehead atoms. The first-order chi connectivity index (χ1) is 15.3. The minimum atomic E-state index is 0.289. The first-order valence-corrected chi connectivity index (χ1v) is 11.9. The van der Waals surface area contributed by atoms with Gasteiger partial charge in [-0.3, -0.25) is 0 Å². The van der Waals surface area contributed by atoms with Crippen LogP contribution in [0.3, 0.4) is 0 Å². The van der Waals surface area contributed by atoms with Crippen LogP contribution in [-0.2, 0) is 0 Å². The molecule has 3 fully saturated rings.